The second kappa shape index (κ2) is 4.72. The van der Waals surface area contributed by atoms with Crippen molar-refractivity contribution in [3.63, 3.8) is 0 Å². The van der Waals surface area contributed by atoms with Gasteiger partial charge in [0.1, 0.15) is 0 Å². The summed E-state index contributed by atoms with van der Waals surface area (Å²) in [5.74, 6) is 0. The van der Waals surface area contributed by atoms with Crippen LogP contribution in [0.25, 0.3) is 0 Å². The summed E-state index contributed by atoms with van der Waals surface area (Å²) in [6.07, 6.45) is 0. The summed E-state index contributed by atoms with van der Waals surface area (Å²) in [6.45, 7) is 3.57. The van der Waals surface area contributed by atoms with Crippen molar-refractivity contribution in [3.05, 3.63) is 23.8 Å². The van der Waals surface area contributed by atoms with Gasteiger partial charge in [0.2, 0.25) is 0 Å². The molecule has 0 aliphatic heterocycles. The Bertz CT molecular complexity index is 274. The Morgan fingerprint density at radius 3 is 2.85 bits per heavy atom. The fourth-order valence-electron chi connectivity index (χ4n) is 1.17. The molecule has 0 heterocycles. The van der Waals surface area contributed by atoms with E-state index in [4.69, 9.17) is 10.5 Å². The number of hydrogen-bond donors (Lipinski definition) is 2. The van der Waals surface area contributed by atoms with E-state index >= 15 is 0 Å². The van der Waals surface area contributed by atoms with Gasteiger partial charge in [-0.15, -0.1) is 0 Å². The van der Waals surface area contributed by atoms with Crippen LogP contribution in [0.1, 0.15) is 5.56 Å². The lowest BCUT2D eigenvalue weighted by atomic mass is 10.2. The molecule has 1 aromatic rings. The van der Waals surface area contributed by atoms with E-state index in [0.717, 1.165) is 23.5 Å². The second-order valence-corrected chi connectivity index (χ2v) is 2.99. The number of anilines is 2. The molecular formula is C10H16N2O. The van der Waals surface area contributed by atoms with Crippen molar-refractivity contribution in [2.45, 2.75) is 6.92 Å². The Morgan fingerprint density at radius 2 is 2.23 bits per heavy atom. The van der Waals surface area contributed by atoms with Gasteiger partial charge in [-0.1, -0.05) is 0 Å². The van der Waals surface area contributed by atoms with Gasteiger partial charge in [0.25, 0.3) is 0 Å². The molecule has 0 bridgehead atoms. The van der Waals surface area contributed by atoms with Gasteiger partial charge < -0.3 is 15.8 Å². The minimum absolute atomic E-state index is 0.712. The van der Waals surface area contributed by atoms with Gasteiger partial charge in [-0.3, -0.25) is 0 Å². The maximum absolute atomic E-state index is 5.63. The number of nitrogens with one attached hydrogen (secondary N) is 1. The van der Waals surface area contributed by atoms with E-state index < -0.39 is 0 Å². The van der Waals surface area contributed by atoms with Crippen LogP contribution in [0.4, 0.5) is 11.4 Å². The Balaban J connectivity index is 2.56. The lowest BCUT2D eigenvalue weighted by Gasteiger charge is -2.09. The predicted molar refractivity (Wildman–Crippen MR) is 56.0 cm³/mol. The average Bonchev–Trinajstić information content (AvgIpc) is 2.09. The maximum Gasteiger partial charge on any atom is 0.0635 e. The number of ether oxygens (including phenoxy) is 1. The molecule has 0 unspecified atom stereocenters. The monoisotopic (exact) mass is 180 g/mol. The molecule has 0 saturated carbocycles. The third kappa shape index (κ3) is 2.95. The maximum atomic E-state index is 5.63. The SMILES string of the molecule is COCCNc1ccc(N)cc1C. The molecule has 0 aliphatic rings. The molecule has 3 nitrogen and oxygen atoms in total. The van der Waals surface area contributed by atoms with E-state index in [0.29, 0.717) is 6.61 Å². The molecule has 1 rings (SSSR count). The number of methoxy groups -OCH3 is 1. The normalized spacial score (nSPS) is 10.0. The number of hydrogen-bond acceptors (Lipinski definition) is 3. The lowest BCUT2D eigenvalue weighted by Crippen LogP contribution is -2.08. The first kappa shape index (κ1) is 9.86. The molecule has 0 saturated heterocycles. The van der Waals surface area contributed by atoms with Gasteiger partial charge in [-0.05, 0) is 30.7 Å². The fraction of sp³-hybridized carbons (Fsp3) is 0.400. The van der Waals surface area contributed by atoms with Crippen LogP contribution in [-0.2, 0) is 4.74 Å². The zero-order valence-electron chi connectivity index (χ0n) is 8.13. The van der Waals surface area contributed by atoms with Gasteiger partial charge in [-0.25, -0.2) is 0 Å². The summed E-state index contributed by atoms with van der Waals surface area (Å²) < 4.78 is 4.94. The summed E-state index contributed by atoms with van der Waals surface area (Å²) in [4.78, 5) is 0. The van der Waals surface area contributed by atoms with E-state index in [2.05, 4.69) is 5.32 Å². The number of rotatable bonds is 4. The third-order valence-corrected chi connectivity index (χ3v) is 1.87. The lowest BCUT2D eigenvalue weighted by molar-refractivity contribution is 0.211. The molecule has 1 aromatic carbocycles. The smallest absolute Gasteiger partial charge is 0.0635 e. The summed E-state index contributed by atoms with van der Waals surface area (Å²) >= 11 is 0. The topological polar surface area (TPSA) is 47.3 Å². The van der Waals surface area contributed by atoms with E-state index in [1.54, 1.807) is 7.11 Å². The van der Waals surface area contributed by atoms with Gasteiger partial charge in [0.05, 0.1) is 6.61 Å². The summed E-state index contributed by atoms with van der Waals surface area (Å²) in [7, 11) is 1.69. The summed E-state index contributed by atoms with van der Waals surface area (Å²) in [5, 5.41) is 3.26. The molecular weight excluding hydrogens is 164 g/mol. The van der Waals surface area contributed by atoms with E-state index in [1.165, 1.54) is 0 Å². The molecule has 13 heavy (non-hydrogen) atoms. The average molecular weight is 180 g/mol. The molecule has 0 aliphatic carbocycles. The first-order valence-corrected chi connectivity index (χ1v) is 4.33. The van der Waals surface area contributed by atoms with Crippen LogP contribution < -0.4 is 11.1 Å². The molecule has 0 spiro atoms. The molecule has 0 fully saturated rings. The van der Waals surface area contributed by atoms with Crippen LogP contribution in [0.3, 0.4) is 0 Å². The number of aryl methyl sites for hydroxylation is 1. The molecule has 72 valence electrons. The molecule has 3 N–H and O–H groups in total. The Labute approximate surface area is 78.9 Å². The van der Waals surface area contributed by atoms with E-state index in [9.17, 15) is 0 Å². The molecule has 3 heteroatoms. The van der Waals surface area contributed by atoms with Crippen molar-refractivity contribution in [3.8, 4) is 0 Å². The molecule has 0 atom stereocenters. The van der Waals surface area contributed by atoms with Crippen LogP contribution in [0.2, 0.25) is 0 Å². The zero-order valence-corrected chi connectivity index (χ0v) is 8.13. The highest BCUT2D eigenvalue weighted by Crippen LogP contribution is 2.16. The first-order chi connectivity index (χ1) is 6.24. The standard InChI is InChI=1S/C10H16N2O/c1-8-7-9(11)3-4-10(8)12-5-6-13-2/h3-4,7,12H,5-6,11H2,1-2H3. The Kier molecular flexibility index (Phi) is 3.58. The van der Waals surface area contributed by atoms with Crippen molar-refractivity contribution in [2.75, 3.05) is 31.3 Å². The van der Waals surface area contributed by atoms with Crippen molar-refractivity contribution in [1.82, 2.24) is 0 Å². The summed E-state index contributed by atoms with van der Waals surface area (Å²) in [6, 6.07) is 5.83. The van der Waals surface area contributed by atoms with E-state index in [1.807, 2.05) is 25.1 Å². The largest absolute Gasteiger partial charge is 0.399 e. The van der Waals surface area contributed by atoms with Crippen molar-refractivity contribution in [1.29, 1.82) is 0 Å². The van der Waals surface area contributed by atoms with Gasteiger partial charge in [-0.2, -0.15) is 0 Å². The zero-order chi connectivity index (χ0) is 9.68. The van der Waals surface area contributed by atoms with Crippen LogP contribution in [-0.4, -0.2) is 20.3 Å². The highest BCUT2D eigenvalue weighted by molar-refractivity contribution is 5.57. The Morgan fingerprint density at radius 1 is 1.46 bits per heavy atom. The van der Waals surface area contributed by atoms with Gasteiger partial charge >= 0.3 is 0 Å². The first-order valence-electron chi connectivity index (χ1n) is 4.33. The van der Waals surface area contributed by atoms with E-state index in [-0.39, 0.29) is 0 Å². The minimum atomic E-state index is 0.712. The van der Waals surface area contributed by atoms with Gasteiger partial charge in [0.15, 0.2) is 0 Å². The van der Waals surface area contributed by atoms with Gasteiger partial charge in [0, 0.05) is 25.0 Å². The van der Waals surface area contributed by atoms with Crippen molar-refractivity contribution in [2.24, 2.45) is 0 Å². The summed E-state index contributed by atoms with van der Waals surface area (Å²) in [5.41, 5.74) is 8.71. The number of benzene rings is 1. The predicted octanol–water partition coefficient (Wildman–Crippen LogP) is 1.64. The van der Waals surface area contributed by atoms with Crippen molar-refractivity contribution >= 4 is 11.4 Å². The van der Waals surface area contributed by atoms with Crippen LogP contribution in [0.15, 0.2) is 18.2 Å². The highest BCUT2D eigenvalue weighted by atomic mass is 16.5. The number of nitrogens with two attached hydrogens (primary N) is 1. The number of nitrogen functional groups attached to an aromatic ring is 1. The van der Waals surface area contributed by atoms with Crippen LogP contribution >= 0.6 is 0 Å². The molecule has 0 radical (unpaired) electrons. The third-order valence-electron chi connectivity index (χ3n) is 1.87. The second-order valence-electron chi connectivity index (χ2n) is 2.99. The molecule has 0 amide bonds. The highest BCUT2D eigenvalue weighted by Gasteiger charge is 1.96. The van der Waals surface area contributed by atoms with Crippen LogP contribution in [0.5, 0.6) is 0 Å². The quantitative estimate of drug-likeness (QED) is 0.547. The minimum Gasteiger partial charge on any atom is -0.399 e. The van der Waals surface area contributed by atoms with Crippen molar-refractivity contribution < 1.29 is 4.74 Å². The van der Waals surface area contributed by atoms with Crippen LogP contribution in [0, 0.1) is 6.92 Å². The molecule has 0 aromatic heterocycles. The fourth-order valence-corrected chi connectivity index (χ4v) is 1.17. The Hall–Kier alpha value is -1.22.